The fourth-order valence-electron chi connectivity index (χ4n) is 5.02. The first-order valence-electron chi connectivity index (χ1n) is 15.4. The van der Waals surface area contributed by atoms with Crippen LogP contribution in [0.5, 0.6) is 0 Å². The Balaban J connectivity index is 2.28. The number of hydrogen-bond acceptors (Lipinski definition) is 8. The van der Waals surface area contributed by atoms with Crippen LogP contribution in [0.25, 0.3) is 0 Å². The molecule has 0 aromatic heterocycles. The van der Waals surface area contributed by atoms with Crippen molar-refractivity contribution in [2.75, 3.05) is 6.54 Å². The van der Waals surface area contributed by atoms with Crippen molar-refractivity contribution in [3.05, 3.63) is 30.1 Å². The second-order valence-corrected chi connectivity index (χ2v) is 15.1. The smallest absolute Gasteiger partial charge is 0.306 e. The van der Waals surface area contributed by atoms with Crippen molar-refractivity contribution < 1.29 is 41.5 Å². The monoisotopic (exact) mass is 669 g/mol. The third-order valence-electron chi connectivity index (χ3n) is 7.23. The van der Waals surface area contributed by atoms with Crippen LogP contribution in [0, 0.1) is 17.7 Å². The van der Waals surface area contributed by atoms with Crippen LogP contribution in [0.1, 0.15) is 80.6 Å². The van der Waals surface area contributed by atoms with Crippen molar-refractivity contribution in [1.29, 1.82) is 0 Å². The summed E-state index contributed by atoms with van der Waals surface area (Å²) in [7, 11) is -4.14. The van der Waals surface area contributed by atoms with Gasteiger partial charge in [0, 0.05) is 13.0 Å². The molecule has 1 aromatic rings. The quantitative estimate of drug-likeness (QED) is 0.203. The lowest BCUT2D eigenvalue weighted by atomic mass is 10.0. The summed E-state index contributed by atoms with van der Waals surface area (Å²) in [5, 5.41) is 7.79. The number of nitrogens with two attached hydrogens (primary N) is 1. The van der Waals surface area contributed by atoms with Crippen LogP contribution >= 0.6 is 0 Å². The van der Waals surface area contributed by atoms with Gasteiger partial charge in [0.25, 0.3) is 0 Å². The van der Waals surface area contributed by atoms with Crippen LogP contribution in [0.4, 0.5) is 4.39 Å². The molecule has 4 atom stereocenters. The minimum Gasteiger partial charge on any atom is -0.460 e. The van der Waals surface area contributed by atoms with Crippen LogP contribution in [0.2, 0.25) is 0 Å². The van der Waals surface area contributed by atoms with E-state index < -0.39 is 75.2 Å². The van der Waals surface area contributed by atoms with Gasteiger partial charge in [-0.15, -0.1) is 0 Å². The molecule has 1 aliphatic heterocycles. The van der Waals surface area contributed by atoms with E-state index in [-0.39, 0.29) is 49.0 Å². The molecule has 0 spiro atoms. The van der Waals surface area contributed by atoms with Crippen molar-refractivity contribution in [1.82, 2.24) is 20.3 Å². The molecule has 4 amide bonds. The van der Waals surface area contributed by atoms with E-state index in [9.17, 15) is 36.8 Å². The Kier molecular flexibility index (Phi) is 13.7. The topological polar surface area (TPSA) is 194 Å². The van der Waals surface area contributed by atoms with E-state index in [4.69, 9.17) is 10.5 Å². The van der Waals surface area contributed by atoms with Gasteiger partial charge in [-0.25, -0.2) is 12.8 Å². The molecule has 5 N–H and O–H groups in total. The third kappa shape index (κ3) is 11.3. The fourth-order valence-corrected chi connectivity index (χ4v) is 6.68. The summed E-state index contributed by atoms with van der Waals surface area (Å²) in [5.74, 6) is -4.65. The number of nitrogens with zero attached hydrogens (tertiary/aromatic N) is 1. The lowest BCUT2D eigenvalue weighted by molar-refractivity contribution is -0.155. The summed E-state index contributed by atoms with van der Waals surface area (Å²) in [4.78, 5) is 64.7. The number of benzene rings is 1. The number of amides is 4. The summed E-state index contributed by atoms with van der Waals surface area (Å²) < 4.78 is 46.4. The number of carbonyl (C=O) groups is 5. The van der Waals surface area contributed by atoms with Gasteiger partial charge in [0.1, 0.15) is 35.6 Å². The highest BCUT2D eigenvalue weighted by molar-refractivity contribution is 7.89. The molecular formula is C31H48FN5O8S. The van der Waals surface area contributed by atoms with Gasteiger partial charge in [-0.2, -0.15) is 4.31 Å². The molecule has 13 nitrogen and oxygen atoms in total. The predicted octanol–water partition coefficient (Wildman–Crippen LogP) is 1.74. The second kappa shape index (κ2) is 16.3. The number of hydrogen-bond donors (Lipinski definition) is 4. The zero-order valence-corrected chi connectivity index (χ0v) is 28.4. The Morgan fingerprint density at radius 3 is 2.09 bits per heavy atom. The van der Waals surface area contributed by atoms with Gasteiger partial charge in [-0.05, 0) is 82.6 Å². The Hall–Kier alpha value is -3.59. The summed E-state index contributed by atoms with van der Waals surface area (Å²) in [5.41, 5.74) is 4.68. The SMILES string of the molecule is CC(C)C[C@H](NC(=O)[C@@H]1CCCN1S(=O)(=O)c1ccc(F)cc1)C(=O)N[C@@H](CCC(=O)OC(C)(C)C)C(=O)N[C@H](C(N)=O)C(C)C. The minimum atomic E-state index is -4.14. The van der Waals surface area contributed by atoms with E-state index in [1.54, 1.807) is 34.6 Å². The summed E-state index contributed by atoms with van der Waals surface area (Å²) in [6.45, 7) is 12.1. The minimum absolute atomic E-state index is 0.0582. The first-order chi connectivity index (χ1) is 21.2. The maximum absolute atomic E-state index is 13.6. The summed E-state index contributed by atoms with van der Waals surface area (Å²) in [6, 6.07) is -0.352. The molecule has 0 saturated carbocycles. The van der Waals surface area contributed by atoms with E-state index in [1.807, 2.05) is 13.8 Å². The number of primary amides is 1. The zero-order valence-electron chi connectivity index (χ0n) is 27.6. The van der Waals surface area contributed by atoms with Crippen molar-refractivity contribution in [3.63, 3.8) is 0 Å². The van der Waals surface area contributed by atoms with Gasteiger partial charge >= 0.3 is 5.97 Å². The first kappa shape index (κ1) is 38.6. The van der Waals surface area contributed by atoms with E-state index in [0.29, 0.717) is 6.42 Å². The first-order valence-corrected chi connectivity index (χ1v) is 16.9. The zero-order chi connectivity index (χ0) is 35.0. The lowest BCUT2D eigenvalue weighted by Crippen LogP contribution is -2.58. The number of esters is 1. The van der Waals surface area contributed by atoms with Gasteiger partial charge in [-0.3, -0.25) is 24.0 Å². The third-order valence-corrected chi connectivity index (χ3v) is 9.15. The Morgan fingerprint density at radius 2 is 1.57 bits per heavy atom. The number of sulfonamides is 1. The molecule has 1 aromatic carbocycles. The Bertz CT molecular complexity index is 1360. The molecule has 1 fully saturated rings. The van der Waals surface area contributed by atoms with Crippen molar-refractivity contribution >= 4 is 39.6 Å². The molecule has 0 aliphatic carbocycles. The lowest BCUT2D eigenvalue weighted by Gasteiger charge is -2.28. The van der Waals surface area contributed by atoms with Crippen LogP contribution < -0.4 is 21.7 Å². The molecule has 1 aliphatic rings. The van der Waals surface area contributed by atoms with Crippen molar-refractivity contribution in [2.45, 2.75) is 115 Å². The van der Waals surface area contributed by atoms with Crippen LogP contribution in [0.3, 0.4) is 0 Å². The fraction of sp³-hybridized carbons (Fsp3) is 0.645. The molecule has 2 rings (SSSR count). The number of ether oxygens (including phenoxy) is 1. The molecule has 0 unspecified atom stereocenters. The molecule has 258 valence electrons. The van der Waals surface area contributed by atoms with Gasteiger partial charge < -0.3 is 26.4 Å². The standard InChI is InChI=1S/C31H48FN5O8S/c1-18(2)17-23(35-30(42)24-9-8-16-37(24)46(43,44)21-12-10-20(32)11-13-21)29(41)34-22(14-15-25(38)45-31(5,6)7)28(40)36-26(19(3)4)27(33)39/h10-13,18-19,22-24,26H,8-9,14-17H2,1-7H3,(H2,33,39)(H,34,41)(H,35,42)(H,36,40)/t22-,23-,24-,26-/m0/s1. The number of carbonyl (C=O) groups excluding carboxylic acids is 5. The molecule has 15 heteroatoms. The summed E-state index contributed by atoms with van der Waals surface area (Å²) in [6.07, 6.45) is 0.324. The Labute approximate surface area is 270 Å². The van der Waals surface area contributed by atoms with Gasteiger partial charge in [0.05, 0.1) is 4.90 Å². The molecule has 46 heavy (non-hydrogen) atoms. The normalized spacial score (nSPS) is 17.7. The second-order valence-electron chi connectivity index (χ2n) is 13.2. The van der Waals surface area contributed by atoms with Gasteiger partial charge in [-0.1, -0.05) is 27.7 Å². The molecule has 0 radical (unpaired) electrons. The van der Waals surface area contributed by atoms with Gasteiger partial charge in [0.2, 0.25) is 33.7 Å². The molecule has 1 heterocycles. The predicted molar refractivity (Wildman–Crippen MR) is 168 cm³/mol. The molecule has 1 saturated heterocycles. The van der Waals surface area contributed by atoms with E-state index in [0.717, 1.165) is 28.6 Å². The summed E-state index contributed by atoms with van der Waals surface area (Å²) >= 11 is 0. The Morgan fingerprint density at radius 1 is 0.978 bits per heavy atom. The van der Waals surface area contributed by atoms with E-state index in [2.05, 4.69) is 16.0 Å². The molecule has 0 bridgehead atoms. The highest BCUT2D eigenvalue weighted by Gasteiger charge is 2.41. The number of halogens is 1. The largest absolute Gasteiger partial charge is 0.460 e. The van der Waals surface area contributed by atoms with E-state index >= 15 is 0 Å². The average Bonchev–Trinajstić information content (AvgIpc) is 3.43. The van der Waals surface area contributed by atoms with Crippen LogP contribution in [-0.4, -0.2) is 78.6 Å². The average molecular weight is 670 g/mol. The molecular weight excluding hydrogens is 621 g/mol. The van der Waals surface area contributed by atoms with Gasteiger partial charge in [0.15, 0.2) is 0 Å². The van der Waals surface area contributed by atoms with Crippen LogP contribution in [0.15, 0.2) is 29.2 Å². The number of nitrogens with one attached hydrogen (secondary N) is 3. The highest BCUT2D eigenvalue weighted by Crippen LogP contribution is 2.27. The van der Waals surface area contributed by atoms with Crippen LogP contribution in [-0.2, 0) is 38.7 Å². The van der Waals surface area contributed by atoms with Crippen molar-refractivity contribution in [3.8, 4) is 0 Å². The number of rotatable bonds is 15. The van der Waals surface area contributed by atoms with Crippen molar-refractivity contribution in [2.24, 2.45) is 17.6 Å². The highest BCUT2D eigenvalue weighted by atomic mass is 32.2. The maximum Gasteiger partial charge on any atom is 0.306 e. The van der Waals surface area contributed by atoms with E-state index in [1.165, 1.54) is 0 Å². The maximum atomic E-state index is 13.6.